The first-order chi connectivity index (χ1) is 24.3. The van der Waals surface area contributed by atoms with E-state index in [1.807, 2.05) is 13.0 Å². The maximum Gasteiger partial charge on any atom is 0.524 e. The molecule has 3 aromatic rings. The van der Waals surface area contributed by atoms with Crippen LogP contribution in [0.3, 0.4) is 0 Å². The fourth-order valence-corrected chi connectivity index (χ4v) is 7.04. The van der Waals surface area contributed by atoms with Gasteiger partial charge < -0.3 is 29.4 Å². The number of alkyl halides is 1. The Bertz CT molecular complexity index is 1880. The number of ether oxygens (including phenoxy) is 3. The number of nitrogens with one attached hydrogen (secondary N) is 2. The number of esters is 1. The molecule has 16 nitrogen and oxygen atoms in total. The number of hydrogen-bond donors (Lipinski definition) is 4. The van der Waals surface area contributed by atoms with Gasteiger partial charge in [0.25, 0.3) is 5.91 Å². The number of aryl methyl sites for hydroxylation is 3. The zero-order chi connectivity index (χ0) is 38.2. The van der Waals surface area contributed by atoms with Gasteiger partial charge in [-0.2, -0.15) is 10.2 Å². The standard InChI is InChI=1S/C34H46FN6O10P/c1-19-10-20(2)30(27(11-19)51-52(45,46)47)33(3,4)16-29(42)49-18-41-28(36-31(43)25-14-22(17-48-7)38-40(25)6)15-24(39-41)21-12-23(35)26(13-21)50-32(44)37-34(5)8-9-34/h10-11,14-15,21,23,26H,8-9,12-13,16-18H2,1-7H3,(H,36,43)(H,37,44)(H2,45,46,47)/t21-,23+,26-/m0/s1. The van der Waals surface area contributed by atoms with Crippen LogP contribution in [0.2, 0.25) is 0 Å². The van der Waals surface area contributed by atoms with Gasteiger partial charge in [-0.05, 0) is 69.7 Å². The molecular weight excluding hydrogens is 702 g/mol. The number of methoxy groups -OCH3 is 1. The summed E-state index contributed by atoms with van der Waals surface area (Å²) in [6.45, 7) is 8.60. The summed E-state index contributed by atoms with van der Waals surface area (Å²) in [5.41, 5.74) is 1.63. The molecule has 0 aliphatic heterocycles. The Kier molecular flexibility index (Phi) is 11.2. The summed E-state index contributed by atoms with van der Waals surface area (Å²) < 4.78 is 50.7. The van der Waals surface area contributed by atoms with E-state index in [0.29, 0.717) is 28.1 Å². The van der Waals surface area contributed by atoms with E-state index in [1.54, 1.807) is 46.9 Å². The van der Waals surface area contributed by atoms with Crippen molar-refractivity contribution in [3.63, 3.8) is 0 Å². The van der Waals surface area contributed by atoms with E-state index in [0.717, 1.165) is 12.8 Å². The molecule has 0 saturated heterocycles. The average molecular weight is 749 g/mol. The first kappa shape index (κ1) is 38.9. The molecule has 18 heteroatoms. The molecule has 52 heavy (non-hydrogen) atoms. The number of benzene rings is 1. The molecule has 0 bridgehead atoms. The van der Waals surface area contributed by atoms with Crippen LogP contribution in [-0.2, 0) is 49.4 Å². The molecule has 284 valence electrons. The van der Waals surface area contributed by atoms with Gasteiger partial charge in [0, 0.05) is 42.7 Å². The minimum Gasteiger partial charge on any atom is -0.443 e. The number of nitrogens with zero attached hydrogens (tertiary/aromatic N) is 4. The molecule has 3 atom stereocenters. The molecule has 1 aromatic carbocycles. The molecule has 5 rings (SSSR count). The van der Waals surface area contributed by atoms with E-state index >= 15 is 4.39 Å². The largest absolute Gasteiger partial charge is 0.524 e. The molecule has 0 unspecified atom stereocenters. The Balaban J connectivity index is 1.34. The van der Waals surface area contributed by atoms with Gasteiger partial charge in [-0.1, -0.05) is 19.9 Å². The number of alkyl carbamates (subject to hydrolysis) is 1. The quantitative estimate of drug-likeness (QED) is 0.129. The van der Waals surface area contributed by atoms with Crippen molar-refractivity contribution in [1.29, 1.82) is 0 Å². The molecule has 4 N–H and O–H groups in total. The molecule has 2 aliphatic carbocycles. The van der Waals surface area contributed by atoms with Crippen molar-refractivity contribution < 1.29 is 51.9 Å². The van der Waals surface area contributed by atoms with Gasteiger partial charge in [-0.25, -0.2) is 18.4 Å². The molecule has 2 amide bonds. The molecule has 0 spiro atoms. The van der Waals surface area contributed by atoms with Gasteiger partial charge in [0.1, 0.15) is 29.5 Å². The number of hydrogen-bond acceptors (Lipinski definition) is 10. The summed E-state index contributed by atoms with van der Waals surface area (Å²) in [5.74, 6) is -1.57. The monoisotopic (exact) mass is 748 g/mol. The highest BCUT2D eigenvalue weighted by molar-refractivity contribution is 7.46. The molecule has 2 fully saturated rings. The Labute approximate surface area is 300 Å². The summed E-state index contributed by atoms with van der Waals surface area (Å²) in [6, 6.07) is 6.44. The fraction of sp³-hybridized carbons (Fsp3) is 0.559. The van der Waals surface area contributed by atoms with Crippen LogP contribution in [0.15, 0.2) is 24.3 Å². The number of halogens is 1. The number of rotatable bonds is 14. The molecule has 2 saturated carbocycles. The number of amides is 2. The van der Waals surface area contributed by atoms with Crippen LogP contribution in [-0.4, -0.2) is 72.2 Å². The highest BCUT2D eigenvalue weighted by atomic mass is 31.2. The van der Waals surface area contributed by atoms with E-state index in [9.17, 15) is 28.7 Å². The summed E-state index contributed by atoms with van der Waals surface area (Å²) >= 11 is 0. The van der Waals surface area contributed by atoms with E-state index in [2.05, 4.69) is 20.8 Å². The van der Waals surface area contributed by atoms with Crippen LogP contribution in [0, 0.1) is 13.8 Å². The normalized spacial score (nSPS) is 19.6. The highest BCUT2D eigenvalue weighted by Gasteiger charge is 2.43. The predicted molar refractivity (Wildman–Crippen MR) is 184 cm³/mol. The van der Waals surface area contributed by atoms with Gasteiger partial charge >= 0.3 is 19.9 Å². The molecule has 0 radical (unpaired) electrons. The minimum atomic E-state index is -4.91. The number of aromatic nitrogens is 4. The molecule has 2 aliphatic rings. The third kappa shape index (κ3) is 9.56. The number of carbonyl (C=O) groups is 3. The summed E-state index contributed by atoms with van der Waals surface area (Å²) in [5, 5.41) is 14.4. The van der Waals surface area contributed by atoms with Gasteiger partial charge in [0.2, 0.25) is 0 Å². The van der Waals surface area contributed by atoms with Gasteiger partial charge in [0.05, 0.1) is 24.4 Å². The second kappa shape index (κ2) is 15.0. The van der Waals surface area contributed by atoms with Gasteiger partial charge in [-0.15, -0.1) is 0 Å². The average Bonchev–Trinajstić information content (AvgIpc) is 3.28. The van der Waals surface area contributed by atoms with E-state index in [-0.39, 0.29) is 48.7 Å². The zero-order valence-corrected chi connectivity index (χ0v) is 31.2. The Morgan fingerprint density at radius 3 is 2.48 bits per heavy atom. The van der Waals surface area contributed by atoms with E-state index in [4.69, 9.17) is 18.7 Å². The number of carbonyl (C=O) groups excluding carboxylic acids is 3. The summed E-state index contributed by atoms with van der Waals surface area (Å²) in [6.07, 6.45) is -1.50. The Morgan fingerprint density at radius 1 is 1.12 bits per heavy atom. The van der Waals surface area contributed by atoms with Crippen LogP contribution < -0.4 is 15.2 Å². The predicted octanol–water partition coefficient (Wildman–Crippen LogP) is 4.84. The third-order valence-electron chi connectivity index (χ3n) is 9.28. The first-order valence-corrected chi connectivity index (χ1v) is 18.3. The van der Waals surface area contributed by atoms with E-state index in [1.165, 1.54) is 22.5 Å². The molecular formula is C34H46FN6O10P. The summed E-state index contributed by atoms with van der Waals surface area (Å²) in [4.78, 5) is 58.2. The van der Waals surface area contributed by atoms with Crippen molar-refractivity contribution in [3.05, 3.63) is 58.0 Å². The van der Waals surface area contributed by atoms with Crippen LogP contribution in [0.5, 0.6) is 5.75 Å². The van der Waals surface area contributed by atoms with Crippen LogP contribution >= 0.6 is 7.82 Å². The molecule has 2 aromatic heterocycles. The third-order valence-corrected chi connectivity index (χ3v) is 9.71. The van der Waals surface area contributed by atoms with Crippen molar-refractivity contribution in [2.45, 2.75) is 109 Å². The maximum atomic E-state index is 15.2. The topological polar surface area (TPSA) is 205 Å². The van der Waals surface area contributed by atoms with Crippen LogP contribution in [0.25, 0.3) is 0 Å². The fourth-order valence-electron chi connectivity index (χ4n) is 6.64. The smallest absolute Gasteiger partial charge is 0.443 e. The van der Waals surface area contributed by atoms with Crippen LogP contribution in [0.4, 0.5) is 15.0 Å². The SMILES string of the molecule is COCc1cc(C(=O)Nc2cc([C@H]3C[C@@H](F)[C@@H](OC(=O)NC4(C)CC4)C3)nn2COC(=O)CC(C)(C)c2c(C)cc(C)cc2OP(=O)(O)O)n(C)n1. The number of phosphoric acid groups is 1. The lowest BCUT2D eigenvalue weighted by Gasteiger charge is -2.29. The Hall–Kier alpha value is -4.31. The summed E-state index contributed by atoms with van der Waals surface area (Å²) in [7, 11) is -1.80. The van der Waals surface area contributed by atoms with Crippen LogP contribution in [0.1, 0.15) is 97.4 Å². The van der Waals surface area contributed by atoms with Crippen molar-refractivity contribution >= 4 is 31.6 Å². The highest BCUT2D eigenvalue weighted by Crippen LogP contribution is 2.45. The number of phosphoric ester groups is 1. The van der Waals surface area contributed by atoms with Crippen molar-refractivity contribution in [2.75, 3.05) is 12.4 Å². The lowest BCUT2D eigenvalue weighted by atomic mass is 9.78. The van der Waals surface area contributed by atoms with E-state index < -0.39 is 56.1 Å². The lowest BCUT2D eigenvalue weighted by molar-refractivity contribution is -0.149. The van der Waals surface area contributed by atoms with Crippen molar-refractivity contribution in [2.24, 2.45) is 7.05 Å². The maximum absolute atomic E-state index is 15.2. The second-order valence-electron chi connectivity index (χ2n) is 14.5. The number of anilines is 1. The Morgan fingerprint density at radius 2 is 1.83 bits per heavy atom. The van der Waals surface area contributed by atoms with Gasteiger partial charge in [-0.3, -0.25) is 24.1 Å². The van der Waals surface area contributed by atoms with Gasteiger partial charge in [0.15, 0.2) is 6.73 Å². The lowest BCUT2D eigenvalue weighted by Crippen LogP contribution is -2.38. The first-order valence-electron chi connectivity index (χ1n) is 16.8. The van der Waals surface area contributed by atoms with Crippen molar-refractivity contribution in [3.8, 4) is 5.75 Å². The second-order valence-corrected chi connectivity index (χ2v) is 15.7. The molecule has 2 heterocycles. The zero-order valence-electron chi connectivity index (χ0n) is 30.3. The van der Waals surface area contributed by atoms with Crippen molar-refractivity contribution in [1.82, 2.24) is 24.9 Å². The minimum absolute atomic E-state index is 0.0185.